The Hall–Kier alpha value is -1.84. The van der Waals surface area contributed by atoms with Crippen molar-refractivity contribution in [2.75, 3.05) is 29.9 Å². The summed E-state index contributed by atoms with van der Waals surface area (Å²) in [6.07, 6.45) is 2.46. The number of rotatable bonds is 3. The molecule has 1 saturated heterocycles. The summed E-state index contributed by atoms with van der Waals surface area (Å²) in [7, 11) is 0. The van der Waals surface area contributed by atoms with Crippen LogP contribution in [-0.2, 0) is 0 Å². The van der Waals surface area contributed by atoms with Crippen LogP contribution in [0.4, 0.5) is 11.8 Å². The first kappa shape index (κ1) is 13.2. The van der Waals surface area contributed by atoms with E-state index in [1.54, 1.807) is 0 Å². The molecule has 1 aliphatic rings. The van der Waals surface area contributed by atoms with Crippen molar-refractivity contribution in [3.05, 3.63) is 24.3 Å². The second kappa shape index (κ2) is 5.65. The third-order valence-electron chi connectivity index (χ3n) is 4.00. The topological polar surface area (TPSA) is 41.1 Å². The zero-order valence-corrected chi connectivity index (χ0v) is 12.3. The van der Waals surface area contributed by atoms with E-state index in [0.29, 0.717) is 0 Å². The maximum Gasteiger partial charge on any atom is 0.227 e. The summed E-state index contributed by atoms with van der Waals surface area (Å²) in [6.45, 7) is 7.41. The van der Waals surface area contributed by atoms with Crippen molar-refractivity contribution in [3.63, 3.8) is 0 Å². The molecule has 106 valence electrons. The fourth-order valence-corrected chi connectivity index (χ4v) is 2.72. The highest BCUT2D eigenvalue weighted by molar-refractivity contribution is 5.90. The Balaban J connectivity index is 1.98. The van der Waals surface area contributed by atoms with Gasteiger partial charge < -0.3 is 10.2 Å². The first-order valence-corrected chi connectivity index (χ1v) is 7.53. The fraction of sp³-hybridized carbons (Fsp3) is 0.500. The van der Waals surface area contributed by atoms with Crippen LogP contribution in [0.5, 0.6) is 0 Å². The minimum Gasteiger partial charge on any atom is -0.370 e. The maximum atomic E-state index is 4.74. The second-order valence-electron chi connectivity index (χ2n) is 5.59. The van der Waals surface area contributed by atoms with Crippen LogP contribution in [0.2, 0.25) is 0 Å². The molecule has 1 fully saturated rings. The van der Waals surface area contributed by atoms with E-state index in [0.717, 1.165) is 48.2 Å². The predicted octanol–water partition coefficient (Wildman–Crippen LogP) is 3.30. The Bertz CT molecular complexity index is 588. The van der Waals surface area contributed by atoms with Crippen molar-refractivity contribution in [2.45, 2.75) is 26.7 Å². The highest BCUT2D eigenvalue weighted by atomic mass is 15.3. The number of hydrogen-bond donors (Lipinski definition) is 1. The van der Waals surface area contributed by atoms with Crippen LogP contribution >= 0.6 is 0 Å². The van der Waals surface area contributed by atoms with Crippen LogP contribution in [0.1, 0.15) is 26.7 Å². The smallest absolute Gasteiger partial charge is 0.227 e. The summed E-state index contributed by atoms with van der Waals surface area (Å²) in [6, 6.07) is 8.21. The van der Waals surface area contributed by atoms with Crippen LogP contribution < -0.4 is 10.2 Å². The lowest BCUT2D eigenvalue weighted by molar-refractivity contribution is 0.435. The SMILES string of the molecule is CCNc1nc(N2CCC(C)CC2)nc2ccccc12. The molecule has 0 bridgehead atoms. The first-order valence-electron chi connectivity index (χ1n) is 7.53. The number of nitrogens with zero attached hydrogens (tertiary/aromatic N) is 3. The fourth-order valence-electron chi connectivity index (χ4n) is 2.72. The molecule has 0 radical (unpaired) electrons. The quantitative estimate of drug-likeness (QED) is 0.929. The van der Waals surface area contributed by atoms with Gasteiger partial charge in [0.1, 0.15) is 5.82 Å². The first-order chi connectivity index (χ1) is 9.78. The molecule has 3 rings (SSSR count). The molecule has 4 heteroatoms. The van der Waals surface area contributed by atoms with Crippen molar-refractivity contribution in [1.29, 1.82) is 0 Å². The Kier molecular flexibility index (Phi) is 3.72. The lowest BCUT2D eigenvalue weighted by atomic mass is 10.00. The van der Waals surface area contributed by atoms with Gasteiger partial charge in [0.2, 0.25) is 5.95 Å². The van der Waals surface area contributed by atoms with E-state index in [2.05, 4.69) is 36.2 Å². The molecule has 0 spiro atoms. The molecule has 1 N–H and O–H groups in total. The average molecular weight is 270 g/mol. The van der Waals surface area contributed by atoms with Gasteiger partial charge in [-0.05, 0) is 37.8 Å². The Morgan fingerprint density at radius 1 is 1.20 bits per heavy atom. The van der Waals surface area contributed by atoms with E-state index in [-0.39, 0.29) is 0 Å². The van der Waals surface area contributed by atoms with Gasteiger partial charge in [-0.1, -0.05) is 19.1 Å². The number of fused-ring (bicyclic) bond motifs is 1. The number of aromatic nitrogens is 2. The van der Waals surface area contributed by atoms with E-state index >= 15 is 0 Å². The van der Waals surface area contributed by atoms with Gasteiger partial charge in [0.05, 0.1) is 5.52 Å². The molecule has 4 nitrogen and oxygen atoms in total. The third kappa shape index (κ3) is 2.55. The van der Waals surface area contributed by atoms with Gasteiger partial charge in [-0.25, -0.2) is 4.98 Å². The highest BCUT2D eigenvalue weighted by Gasteiger charge is 2.19. The van der Waals surface area contributed by atoms with Crippen LogP contribution in [0.25, 0.3) is 10.9 Å². The average Bonchev–Trinajstić information content (AvgIpc) is 2.48. The van der Waals surface area contributed by atoms with Crippen LogP contribution in [0, 0.1) is 5.92 Å². The number of benzene rings is 1. The molecule has 2 aromatic rings. The zero-order chi connectivity index (χ0) is 13.9. The summed E-state index contributed by atoms with van der Waals surface area (Å²) in [5, 5.41) is 4.46. The number of anilines is 2. The summed E-state index contributed by atoms with van der Waals surface area (Å²) < 4.78 is 0. The third-order valence-corrected chi connectivity index (χ3v) is 4.00. The normalized spacial score (nSPS) is 16.6. The maximum absolute atomic E-state index is 4.74. The van der Waals surface area contributed by atoms with E-state index in [1.165, 1.54) is 12.8 Å². The lowest BCUT2D eigenvalue weighted by Gasteiger charge is -2.30. The molecule has 1 aromatic heterocycles. The number of para-hydroxylation sites is 1. The summed E-state index contributed by atoms with van der Waals surface area (Å²) in [5.74, 6) is 2.64. The van der Waals surface area contributed by atoms with Crippen molar-refractivity contribution in [3.8, 4) is 0 Å². The molecule has 20 heavy (non-hydrogen) atoms. The van der Waals surface area contributed by atoms with Crippen molar-refractivity contribution in [1.82, 2.24) is 9.97 Å². The van der Waals surface area contributed by atoms with Gasteiger partial charge in [0.15, 0.2) is 0 Å². The van der Waals surface area contributed by atoms with Gasteiger partial charge >= 0.3 is 0 Å². The van der Waals surface area contributed by atoms with E-state index in [4.69, 9.17) is 9.97 Å². The standard InChI is InChI=1S/C16H22N4/c1-3-17-15-13-6-4-5-7-14(13)18-16(19-15)20-10-8-12(2)9-11-20/h4-7,12H,3,8-11H2,1-2H3,(H,17,18,19). The van der Waals surface area contributed by atoms with Gasteiger partial charge in [-0.15, -0.1) is 0 Å². The predicted molar refractivity (Wildman–Crippen MR) is 84.3 cm³/mol. The van der Waals surface area contributed by atoms with Gasteiger partial charge in [-0.3, -0.25) is 0 Å². The molecule has 0 amide bonds. The second-order valence-corrected chi connectivity index (χ2v) is 5.59. The van der Waals surface area contributed by atoms with Gasteiger partial charge in [0.25, 0.3) is 0 Å². The highest BCUT2D eigenvalue weighted by Crippen LogP contribution is 2.26. The zero-order valence-electron chi connectivity index (χ0n) is 12.3. The van der Waals surface area contributed by atoms with Crippen LogP contribution in [0.3, 0.4) is 0 Å². The van der Waals surface area contributed by atoms with Crippen LogP contribution in [-0.4, -0.2) is 29.6 Å². The van der Waals surface area contributed by atoms with E-state index in [9.17, 15) is 0 Å². The molecule has 1 aromatic carbocycles. The van der Waals surface area contributed by atoms with Crippen LogP contribution in [0.15, 0.2) is 24.3 Å². The largest absolute Gasteiger partial charge is 0.370 e. The number of nitrogens with one attached hydrogen (secondary N) is 1. The molecular formula is C16H22N4. The lowest BCUT2D eigenvalue weighted by Crippen LogP contribution is -2.34. The summed E-state index contributed by atoms with van der Waals surface area (Å²) in [5.41, 5.74) is 1.02. The minimum absolute atomic E-state index is 0.819. The van der Waals surface area contributed by atoms with Crippen molar-refractivity contribution < 1.29 is 0 Å². The monoisotopic (exact) mass is 270 g/mol. The molecule has 0 unspecified atom stereocenters. The molecule has 2 heterocycles. The van der Waals surface area contributed by atoms with E-state index < -0.39 is 0 Å². The van der Waals surface area contributed by atoms with E-state index in [1.807, 2.05) is 12.1 Å². The summed E-state index contributed by atoms with van der Waals surface area (Å²) in [4.78, 5) is 11.8. The number of hydrogen-bond acceptors (Lipinski definition) is 4. The van der Waals surface area contributed by atoms with Crippen molar-refractivity contribution >= 4 is 22.7 Å². The molecular weight excluding hydrogens is 248 g/mol. The molecule has 0 aliphatic carbocycles. The minimum atomic E-state index is 0.819. The van der Waals surface area contributed by atoms with Crippen molar-refractivity contribution in [2.24, 2.45) is 5.92 Å². The Morgan fingerprint density at radius 3 is 2.70 bits per heavy atom. The van der Waals surface area contributed by atoms with Gasteiger partial charge in [-0.2, -0.15) is 4.98 Å². The summed E-state index contributed by atoms with van der Waals surface area (Å²) >= 11 is 0. The number of piperidine rings is 1. The molecule has 0 atom stereocenters. The van der Waals surface area contributed by atoms with Gasteiger partial charge in [0, 0.05) is 25.0 Å². The Morgan fingerprint density at radius 2 is 1.95 bits per heavy atom. The molecule has 1 aliphatic heterocycles. The molecule has 0 saturated carbocycles. The Labute approximate surface area is 120 Å².